The van der Waals surface area contributed by atoms with Gasteiger partial charge in [0.1, 0.15) is 11.5 Å². The van der Waals surface area contributed by atoms with Crippen LogP contribution >= 0.6 is 0 Å². The van der Waals surface area contributed by atoms with Crippen molar-refractivity contribution in [2.75, 3.05) is 33.4 Å². The zero-order chi connectivity index (χ0) is 13.7. The summed E-state index contributed by atoms with van der Waals surface area (Å²) in [4.78, 5) is 13.8. The molecule has 1 aromatic carbocycles. The summed E-state index contributed by atoms with van der Waals surface area (Å²) in [7, 11) is 1.60. The average Bonchev–Trinajstić information content (AvgIpc) is 2.45. The molecule has 5 heteroatoms. The molecule has 0 aliphatic carbocycles. The molecule has 0 spiro atoms. The number of nitrogens with zero attached hydrogens (tertiary/aromatic N) is 1. The van der Waals surface area contributed by atoms with Crippen molar-refractivity contribution in [3.05, 3.63) is 24.3 Å². The Morgan fingerprint density at radius 3 is 3.00 bits per heavy atom. The van der Waals surface area contributed by atoms with E-state index in [0.717, 1.165) is 25.4 Å². The van der Waals surface area contributed by atoms with Crippen molar-refractivity contribution >= 4 is 5.91 Å². The van der Waals surface area contributed by atoms with Crippen molar-refractivity contribution in [1.29, 1.82) is 0 Å². The van der Waals surface area contributed by atoms with Gasteiger partial charge in [0, 0.05) is 31.7 Å². The number of amides is 1. The van der Waals surface area contributed by atoms with E-state index in [9.17, 15) is 4.79 Å². The molecule has 1 heterocycles. The smallest absolute Gasteiger partial charge is 0.260 e. The highest BCUT2D eigenvalue weighted by Crippen LogP contribution is 2.18. The van der Waals surface area contributed by atoms with Gasteiger partial charge in [-0.05, 0) is 19.1 Å². The van der Waals surface area contributed by atoms with Gasteiger partial charge >= 0.3 is 0 Å². The fourth-order valence-electron chi connectivity index (χ4n) is 2.09. The van der Waals surface area contributed by atoms with Gasteiger partial charge in [-0.1, -0.05) is 6.07 Å². The van der Waals surface area contributed by atoms with Crippen LogP contribution in [-0.4, -0.2) is 50.2 Å². The molecule has 1 amide bonds. The minimum atomic E-state index is 0.0242. The summed E-state index contributed by atoms with van der Waals surface area (Å²) in [5.74, 6) is 1.40. The maximum atomic E-state index is 12.0. The van der Waals surface area contributed by atoms with Crippen LogP contribution in [0.3, 0.4) is 0 Å². The van der Waals surface area contributed by atoms with Gasteiger partial charge in [0.15, 0.2) is 6.61 Å². The molecule has 0 bridgehead atoms. The van der Waals surface area contributed by atoms with E-state index < -0.39 is 0 Å². The maximum Gasteiger partial charge on any atom is 0.260 e. The number of carbonyl (C=O) groups excluding carboxylic acids is 1. The van der Waals surface area contributed by atoms with Crippen molar-refractivity contribution in [2.45, 2.75) is 13.0 Å². The number of hydrogen-bond donors (Lipinski definition) is 1. The zero-order valence-electron chi connectivity index (χ0n) is 11.4. The van der Waals surface area contributed by atoms with E-state index in [2.05, 4.69) is 12.2 Å². The standard InChI is InChI=1S/C14H20N2O3/c1-11-9-16(7-6-15-11)14(17)10-19-13-5-3-4-12(8-13)18-2/h3-5,8,11,15H,6-7,9-10H2,1-2H3. The molecule has 0 radical (unpaired) electrons. The first-order chi connectivity index (χ1) is 9.19. The normalized spacial score (nSPS) is 19.1. The third-order valence-corrected chi connectivity index (χ3v) is 3.12. The van der Waals surface area contributed by atoms with Gasteiger partial charge in [-0.2, -0.15) is 0 Å². The first-order valence-electron chi connectivity index (χ1n) is 6.47. The summed E-state index contributed by atoms with van der Waals surface area (Å²) in [5.41, 5.74) is 0. The fraction of sp³-hybridized carbons (Fsp3) is 0.500. The lowest BCUT2D eigenvalue weighted by Gasteiger charge is -2.31. The molecular formula is C14H20N2O3. The number of piperazine rings is 1. The van der Waals surface area contributed by atoms with E-state index in [1.165, 1.54) is 0 Å². The predicted molar refractivity (Wildman–Crippen MR) is 72.5 cm³/mol. The Balaban J connectivity index is 1.85. The summed E-state index contributed by atoms with van der Waals surface area (Å²) >= 11 is 0. The Kier molecular flexibility index (Phi) is 4.63. The lowest BCUT2D eigenvalue weighted by Crippen LogP contribution is -2.52. The van der Waals surface area contributed by atoms with Crippen LogP contribution in [0.25, 0.3) is 0 Å². The minimum Gasteiger partial charge on any atom is -0.497 e. The maximum absolute atomic E-state index is 12.0. The third kappa shape index (κ3) is 3.86. The van der Waals surface area contributed by atoms with Gasteiger partial charge in [0.05, 0.1) is 7.11 Å². The van der Waals surface area contributed by atoms with Gasteiger partial charge in [-0.3, -0.25) is 4.79 Å². The molecule has 19 heavy (non-hydrogen) atoms. The number of hydrogen-bond acceptors (Lipinski definition) is 4. The molecule has 1 atom stereocenters. The van der Waals surface area contributed by atoms with E-state index in [-0.39, 0.29) is 12.5 Å². The van der Waals surface area contributed by atoms with Gasteiger partial charge < -0.3 is 19.7 Å². The minimum absolute atomic E-state index is 0.0242. The van der Waals surface area contributed by atoms with Gasteiger partial charge in [0.2, 0.25) is 0 Å². The summed E-state index contributed by atoms with van der Waals surface area (Å²) < 4.78 is 10.6. The van der Waals surface area contributed by atoms with Crippen LogP contribution in [0.1, 0.15) is 6.92 Å². The van der Waals surface area contributed by atoms with Crippen LogP contribution in [0, 0.1) is 0 Å². The second kappa shape index (κ2) is 6.43. The number of methoxy groups -OCH3 is 1. The summed E-state index contributed by atoms with van der Waals surface area (Å²) in [6.45, 7) is 4.46. The molecule has 1 aliphatic heterocycles. The van der Waals surface area contributed by atoms with Crippen LogP contribution < -0.4 is 14.8 Å². The topological polar surface area (TPSA) is 50.8 Å². The number of nitrogens with one attached hydrogen (secondary N) is 1. The van der Waals surface area contributed by atoms with Crippen LogP contribution in [0.2, 0.25) is 0 Å². The SMILES string of the molecule is COc1cccc(OCC(=O)N2CCNC(C)C2)c1. The Labute approximate surface area is 113 Å². The number of rotatable bonds is 4. The molecule has 1 fully saturated rings. The lowest BCUT2D eigenvalue weighted by molar-refractivity contribution is -0.134. The van der Waals surface area contributed by atoms with Crippen molar-refractivity contribution in [3.63, 3.8) is 0 Å². The molecule has 104 valence electrons. The third-order valence-electron chi connectivity index (χ3n) is 3.12. The summed E-state index contributed by atoms with van der Waals surface area (Å²) in [5, 5.41) is 3.30. The molecule has 1 saturated heterocycles. The second-order valence-electron chi connectivity index (χ2n) is 4.66. The molecule has 1 aromatic rings. The average molecular weight is 264 g/mol. The van der Waals surface area contributed by atoms with E-state index in [1.54, 1.807) is 13.2 Å². The molecule has 1 N–H and O–H groups in total. The first-order valence-corrected chi connectivity index (χ1v) is 6.47. The van der Waals surface area contributed by atoms with E-state index in [4.69, 9.17) is 9.47 Å². The van der Waals surface area contributed by atoms with E-state index in [0.29, 0.717) is 11.8 Å². The Morgan fingerprint density at radius 1 is 1.47 bits per heavy atom. The molecule has 2 rings (SSSR count). The largest absolute Gasteiger partial charge is 0.497 e. The van der Waals surface area contributed by atoms with Crippen LogP contribution in [-0.2, 0) is 4.79 Å². The molecular weight excluding hydrogens is 244 g/mol. The molecule has 0 aromatic heterocycles. The van der Waals surface area contributed by atoms with E-state index in [1.807, 2.05) is 23.1 Å². The van der Waals surface area contributed by atoms with Crippen molar-refractivity contribution < 1.29 is 14.3 Å². The van der Waals surface area contributed by atoms with Crippen molar-refractivity contribution in [3.8, 4) is 11.5 Å². The molecule has 1 unspecified atom stereocenters. The summed E-state index contributed by atoms with van der Waals surface area (Å²) in [6, 6.07) is 7.61. The highest BCUT2D eigenvalue weighted by Gasteiger charge is 2.20. The van der Waals surface area contributed by atoms with Gasteiger partial charge in [-0.15, -0.1) is 0 Å². The number of carbonyl (C=O) groups is 1. The quantitative estimate of drug-likeness (QED) is 0.877. The van der Waals surface area contributed by atoms with Crippen LogP contribution in [0.4, 0.5) is 0 Å². The highest BCUT2D eigenvalue weighted by atomic mass is 16.5. The lowest BCUT2D eigenvalue weighted by atomic mass is 10.2. The van der Waals surface area contributed by atoms with Gasteiger partial charge in [-0.25, -0.2) is 0 Å². The second-order valence-corrected chi connectivity index (χ2v) is 4.66. The molecule has 1 aliphatic rings. The first kappa shape index (κ1) is 13.7. The Morgan fingerprint density at radius 2 is 2.26 bits per heavy atom. The summed E-state index contributed by atoms with van der Waals surface area (Å²) in [6.07, 6.45) is 0. The fourth-order valence-corrected chi connectivity index (χ4v) is 2.09. The predicted octanol–water partition coefficient (Wildman–Crippen LogP) is 0.894. The Hall–Kier alpha value is -1.75. The monoisotopic (exact) mass is 264 g/mol. The van der Waals surface area contributed by atoms with Crippen LogP contribution in [0.15, 0.2) is 24.3 Å². The van der Waals surface area contributed by atoms with Crippen LogP contribution in [0.5, 0.6) is 11.5 Å². The van der Waals surface area contributed by atoms with Gasteiger partial charge in [0.25, 0.3) is 5.91 Å². The highest BCUT2D eigenvalue weighted by molar-refractivity contribution is 5.78. The Bertz CT molecular complexity index is 436. The molecule has 5 nitrogen and oxygen atoms in total. The van der Waals surface area contributed by atoms with Crippen molar-refractivity contribution in [2.24, 2.45) is 0 Å². The zero-order valence-corrected chi connectivity index (χ0v) is 11.4. The van der Waals surface area contributed by atoms with Crippen molar-refractivity contribution in [1.82, 2.24) is 10.2 Å². The molecule has 0 saturated carbocycles. The number of ether oxygens (including phenoxy) is 2. The van der Waals surface area contributed by atoms with E-state index >= 15 is 0 Å². The number of benzene rings is 1.